The van der Waals surface area contributed by atoms with Crippen LogP contribution in [-0.4, -0.2) is 6.66 Å². The first-order chi connectivity index (χ1) is 9.63. The van der Waals surface area contributed by atoms with Gasteiger partial charge in [-0.2, -0.15) is 0 Å². The Labute approximate surface area is 153 Å². The predicted molar refractivity (Wildman–Crippen MR) is 86.1 cm³/mol. The first-order valence-electron chi connectivity index (χ1n) is 6.36. The molecule has 4 heteroatoms. The minimum atomic E-state index is -0.786. The first-order valence-corrected chi connectivity index (χ1v) is 7.51. The maximum atomic E-state index is 13.8. The van der Waals surface area contributed by atoms with E-state index in [9.17, 15) is 8.78 Å². The van der Waals surface area contributed by atoms with Gasteiger partial charge in [-0.3, -0.25) is 0 Å². The molecule has 0 amide bonds. The van der Waals surface area contributed by atoms with Crippen LogP contribution in [0.4, 0.5) is 8.78 Å². The van der Waals surface area contributed by atoms with E-state index < -0.39 is 11.6 Å². The fourth-order valence-electron chi connectivity index (χ4n) is 1.86. The van der Waals surface area contributed by atoms with Gasteiger partial charge in [0, 0.05) is 38.3 Å². The molecule has 2 aromatic carbocycles. The molecule has 0 fully saturated rings. The Hall–Kier alpha value is -0.426. The van der Waals surface area contributed by atoms with Gasteiger partial charge in [-0.05, 0) is 30.0 Å². The smallest absolute Gasteiger partial charge is 0.166 e. The van der Waals surface area contributed by atoms with E-state index >= 15 is 0 Å². The van der Waals surface area contributed by atoms with Crippen LogP contribution in [0.25, 0.3) is 11.1 Å². The Bertz CT molecular complexity index is 580. The number of aryl methyl sites for hydroxylation is 1. The van der Waals surface area contributed by atoms with Gasteiger partial charge in [0.2, 0.25) is 0 Å². The molecule has 0 bridgehead atoms. The van der Waals surface area contributed by atoms with Crippen LogP contribution in [0, 0.1) is 18.6 Å². The van der Waals surface area contributed by atoms with E-state index in [-0.39, 0.29) is 32.7 Å². The molecule has 21 heavy (non-hydrogen) atoms. The fraction of sp³-hybridized carbons (Fsp3) is 0.176. The molecule has 0 aliphatic carbocycles. The number of hydrogen-bond acceptors (Lipinski definition) is 0. The second-order valence-corrected chi connectivity index (χ2v) is 4.25. The second-order valence-electron chi connectivity index (χ2n) is 4.25. The maximum absolute atomic E-state index is 13.8. The minimum absolute atomic E-state index is 0. The molecular formula is C17H19F2PY. The van der Waals surface area contributed by atoms with Crippen molar-refractivity contribution < 1.29 is 41.5 Å². The molecule has 2 rings (SSSR count). The zero-order chi connectivity index (χ0) is 15.1. The van der Waals surface area contributed by atoms with E-state index in [1.165, 1.54) is 0 Å². The number of halogens is 2. The third-order valence-corrected chi connectivity index (χ3v) is 2.92. The van der Waals surface area contributed by atoms with E-state index in [4.69, 9.17) is 0 Å². The Morgan fingerprint density at radius 1 is 1.00 bits per heavy atom. The number of allylic oxidation sites excluding steroid dienone is 1. The van der Waals surface area contributed by atoms with Gasteiger partial charge in [0.1, 0.15) is 0 Å². The molecule has 1 radical (unpaired) electrons. The molecule has 109 valence electrons. The number of rotatable bonds is 3. The summed E-state index contributed by atoms with van der Waals surface area (Å²) in [5.41, 5.74) is 2.39. The normalized spacial score (nSPS) is 9.19. The third-order valence-electron chi connectivity index (χ3n) is 2.92. The minimum Gasteiger partial charge on any atom is -0.203 e. The summed E-state index contributed by atoms with van der Waals surface area (Å²) in [4.78, 5) is 0. The number of benzene rings is 2. The van der Waals surface area contributed by atoms with Gasteiger partial charge in [-0.25, -0.2) is 8.78 Å². The van der Waals surface area contributed by atoms with Gasteiger partial charge >= 0.3 is 0 Å². The van der Waals surface area contributed by atoms with Crippen LogP contribution in [-0.2, 0) is 39.1 Å². The van der Waals surface area contributed by atoms with Crippen molar-refractivity contribution in [2.75, 3.05) is 6.66 Å². The maximum Gasteiger partial charge on any atom is 0.166 e. The van der Waals surface area contributed by atoms with Crippen LogP contribution in [0.1, 0.15) is 11.1 Å². The molecule has 0 N–H and O–H groups in total. The summed E-state index contributed by atoms with van der Waals surface area (Å²) >= 11 is 0. The Kier molecular flexibility index (Phi) is 10.1. The average Bonchev–Trinajstić information content (AvgIpc) is 2.49. The van der Waals surface area contributed by atoms with Crippen molar-refractivity contribution in [2.24, 2.45) is 0 Å². The molecule has 0 heterocycles. The van der Waals surface area contributed by atoms with Crippen LogP contribution >= 0.6 is 9.24 Å². The summed E-state index contributed by atoms with van der Waals surface area (Å²) in [7, 11) is 2.42. The molecule has 1 atom stereocenters. The molecule has 0 aromatic heterocycles. The van der Waals surface area contributed by atoms with Gasteiger partial charge < -0.3 is 0 Å². The van der Waals surface area contributed by atoms with E-state index in [1.807, 2.05) is 18.8 Å². The van der Waals surface area contributed by atoms with Gasteiger partial charge in [-0.1, -0.05) is 49.1 Å². The summed E-state index contributed by atoms with van der Waals surface area (Å²) in [6.45, 7) is 7.13. The van der Waals surface area contributed by atoms with E-state index in [1.54, 1.807) is 37.3 Å². The van der Waals surface area contributed by atoms with Crippen LogP contribution in [0.2, 0.25) is 0 Å². The topological polar surface area (TPSA) is 0 Å². The van der Waals surface area contributed by atoms with Crippen molar-refractivity contribution in [3.8, 4) is 11.1 Å². The van der Waals surface area contributed by atoms with E-state index in [0.29, 0.717) is 16.7 Å². The molecule has 0 saturated heterocycles. The summed E-state index contributed by atoms with van der Waals surface area (Å²) in [6, 6.07) is 10.6. The van der Waals surface area contributed by atoms with Crippen molar-refractivity contribution in [1.82, 2.24) is 0 Å². The van der Waals surface area contributed by atoms with Crippen LogP contribution in [0.3, 0.4) is 0 Å². The summed E-state index contributed by atoms with van der Waals surface area (Å²) in [5, 5.41) is 0. The Morgan fingerprint density at radius 3 is 2.10 bits per heavy atom. The van der Waals surface area contributed by atoms with Crippen LogP contribution < -0.4 is 0 Å². The average molecular weight is 381 g/mol. The van der Waals surface area contributed by atoms with Gasteiger partial charge in [0.15, 0.2) is 11.6 Å². The second kappa shape index (κ2) is 10.3. The van der Waals surface area contributed by atoms with Crippen molar-refractivity contribution in [1.29, 1.82) is 0 Å². The zero-order valence-electron chi connectivity index (χ0n) is 12.4. The summed E-state index contributed by atoms with van der Waals surface area (Å²) < 4.78 is 27.3. The quantitative estimate of drug-likeness (QED) is 0.509. The summed E-state index contributed by atoms with van der Waals surface area (Å²) in [5.74, 6) is -1.56. The summed E-state index contributed by atoms with van der Waals surface area (Å²) in [6.07, 6.45) is 2.58. The molecule has 0 nitrogen and oxygen atoms in total. The fourth-order valence-corrected chi connectivity index (χ4v) is 1.86. The molecule has 0 saturated carbocycles. The Balaban J connectivity index is 0.00000128. The number of hydrogen-bond donors (Lipinski definition) is 0. The van der Waals surface area contributed by atoms with Crippen LogP contribution in [0.15, 0.2) is 49.1 Å². The van der Waals surface area contributed by atoms with Gasteiger partial charge in [0.25, 0.3) is 0 Å². The SMILES string of the molecule is C=CCc1ccc(-c2ccc(C)c(F)c2F)cc1.CP.[Y]. The molecule has 2 aromatic rings. The predicted octanol–water partition coefficient (Wildman–Crippen LogP) is 5.16. The molecule has 0 spiro atoms. The van der Waals surface area contributed by atoms with E-state index in [2.05, 4.69) is 15.8 Å². The van der Waals surface area contributed by atoms with Gasteiger partial charge in [0.05, 0.1) is 0 Å². The zero-order valence-corrected chi connectivity index (χ0v) is 16.4. The largest absolute Gasteiger partial charge is 0.203 e. The molecular weight excluding hydrogens is 362 g/mol. The van der Waals surface area contributed by atoms with Crippen molar-refractivity contribution >= 4 is 9.24 Å². The molecule has 0 aliphatic rings. The monoisotopic (exact) mass is 381 g/mol. The standard InChI is InChI=1S/C16H14F2.CH5P.Y/c1-3-4-12-6-8-13(9-7-12)14-10-5-11(2)15(17)16(14)18;1-2;/h3,5-10H,1,4H2,2H3;2H2,1H3;. The van der Waals surface area contributed by atoms with Crippen molar-refractivity contribution in [3.05, 3.63) is 71.8 Å². The van der Waals surface area contributed by atoms with Crippen molar-refractivity contribution in [3.63, 3.8) is 0 Å². The third kappa shape index (κ3) is 5.36. The molecule has 1 unspecified atom stereocenters. The van der Waals surface area contributed by atoms with Crippen molar-refractivity contribution in [2.45, 2.75) is 13.3 Å². The van der Waals surface area contributed by atoms with E-state index in [0.717, 1.165) is 12.0 Å². The first kappa shape index (κ1) is 20.6. The molecule has 0 aliphatic heterocycles. The Morgan fingerprint density at radius 2 is 1.57 bits per heavy atom. The van der Waals surface area contributed by atoms with Crippen LogP contribution in [0.5, 0.6) is 0 Å². The van der Waals surface area contributed by atoms with Gasteiger partial charge in [-0.15, -0.1) is 15.8 Å².